The molecule has 2 N–H and O–H groups in total. The number of hydrogen-bond donors (Lipinski definition) is 2. The zero-order valence-electron chi connectivity index (χ0n) is 17.7. The minimum Gasteiger partial charge on any atom is -0.322 e. The number of nitrogens with one attached hydrogen (secondary N) is 2. The van der Waals surface area contributed by atoms with Gasteiger partial charge in [-0.25, -0.2) is 17.8 Å². The summed E-state index contributed by atoms with van der Waals surface area (Å²) in [5.74, 6) is -0.326. The number of rotatable bonds is 5. The Kier molecular flexibility index (Phi) is 5.83. The van der Waals surface area contributed by atoms with Gasteiger partial charge in [-0.3, -0.25) is 4.79 Å². The summed E-state index contributed by atoms with van der Waals surface area (Å²) in [6.07, 6.45) is 0. The number of hydrogen-bond acceptors (Lipinski definition) is 4. The number of nitrogens with zero attached hydrogens (tertiary/aromatic N) is 2. The Labute approximate surface area is 177 Å². The van der Waals surface area contributed by atoms with Crippen LogP contribution in [-0.4, -0.2) is 29.6 Å². The zero-order valence-corrected chi connectivity index (χ0v) is 18.5. The second-order valence-electron chi connectivity index (χ2n) is 8.22. The Bertz CT molecular complexity index is 1170. The Hall–Kier alpha value is -2.97. The molecule has 0 fully saturated rings. The maximum Gasteiger partial charge on any atom is 0.255 e. The van der Waals surface area contributed by atoms with E-state index in [4.69, 9.17) is 0 Å². The maximum atomic E-state index is 12.6. The second kappa shape index (κ2) is 8.04. The number of benzene rings is 2. The summed E-state index contributed by atoms with van der Waals surface area (Å²) in [6.45, 7) is 9.20. The van der Waals surface area contributed by atoms with Crippen LogP contribution in [-0.2, 0) is 10.0 Å². The fourth-order valence-corrected chi connectivity index (χ4v) is 4.51. The van der Waals surface area contributed by atoms with Crippen molar-refractivity contribution >= 4 is 21.6 Å². The first-order chi connectivity index (χ1) is 13.9. The predicted octanol–water partition coefficient (Wildman–Crippen LogP) is 3.82. The first kappa shape index (κ1) is 21.7. The molecule has 2 aromatic carbocycles. The van der Waals surface area contributed by atoms with Crippen LogP contribution >= 0.6 is 0 Å². The first-order valence-corrected chi connectivity index (χ1v) is 11.0. The Morgan fingerprint density at radius 1 is 1.00 bits per heavy atom. The van der Waals surface area contributed by atoms with Crippen molar-refractivity contribution in [2.45, 2.75) is 45.1 Å². The number of amides is 1. The van der Waals surface area contributed by atoms with E-state index in [1.54, 1.807) is 45.0 Å². The van der Waals surface area contributed by atoms with E-state index in [1.807, 2.05) is 36.7 Å². The molecule has 158 valence electrons. The van der Waals surface area contributed by atoms with Gasteiger partial charge in [0.25, 0.3) is 5.91 Å². The smallest absolute Gasteiger partial charge is 0.255 e. The predicted molar refractivity (Wildman–Crippen MR) is 118 cm³/mol. The summed E-state index contributed by atoms with van der Waals surface area (Å²) < 4.78 is 29.5. The van der Waals surface area contributed by atoms with E-state index in [9.17, 15) is 13.2 Å². The Morgan fingerprint density at radius 2 is 1.67 bits per heavy atom. The highest BCUT2D eigenvalue weighted by molar-refractivity contribution is 7.89. The summed E-state index contributed by atoms with van der Waals surface area (Å²) in [6, 6.07) is 15.2. The molecule has 0 aliphatic heterocycles. The van der Waals surface area contributed by atoms with Gasteiger partial charge in [0.05, 0.1) is 16.3 Å². The molecule has 7 nitrogen and oxygen atoms in total. The van der Waals surface area contributed by atoms with E-state index in [2.05, 4.69) is 15.1 Å². The SMILES string of the molecule is Cc1cc(C)n(-c2ccc(C(=O)Nc3cccc(S(=O)(=O)NC(C)(C)C)c3)cc2)n1. The minimum atomic E-state index is -3.69. The van der Waals surface area contributed by atoms with Crippen molar-refractivity contribution in [1.29, 1.82) is 0 Å². The third-order valence-corrected chi connectivity index (χ3v) is 5.98. The van der Waals surface area contributed by atoms with Gasteiger partial charge in [0.2, 0.25) is 10.0 Å². The quantitative estimate of drug-likeness (QED) is 0.649. The summed E-state index contributed by atoms with van der Waals surface area (Å²) in [4.78, 5) is 12.7. The van der Waals surface area contributed by atoms with Gasteiger partial charge in [0.15, 0.2) is 0 Å². The van der Waals surface area contributed by atoms with Crippen molar-refractivity contribution in [3.05, 3.63) is 71.5 Å². The number of sulfonamides is 1. The molecule has 30 heavy (non-hydrogen) atoms. The maximum absolute atomic E-state index is 12.6. The average Bonchev–Trinajstić information content (AvgIpc) is 2.98. The molecule has 0 bridgehead atoms. The van der Waals surface area contributed by atoms with Crippen molar-refractivity contribution in [3.63, 3.8) is 0 Å². The Morgan fingerprint density at radius 3 is 2.23 bits per heavy atom. The molecule has 1 amide bonds. The van der Waals surface area contributed by atoms with Crippen molar-refractivity contribution in [2.75, 3.05) is 5.32 Å². The molecule has 0 saturated heterocycles. The van der Waals surface area contributed by atoms with E-state index < -0.39 is 15.6 Å². The van der Waals surface area contributed by atoms with Crippen LogP contribution < -0.4 is 10.0 Å². The fourth-order valence-electron chi connectivity index (χ4n) is 3.05. The lowest BCUT2D eigenvalue weighted by Gasteiger charge is -2.20. The highest BCUT2D eigenvalue weighted by Gasteiger charge is 2.22. The molecule has 8 heteroatoms. The summed E-state index contributed by atoms with van der Waals surface area (Å²) in [5.41, 5.74) is 3.04. The van der Waals surface area contributed by atoms with Gasteiger partial charge in [0.1, 0.15) is 0 Å². The number of carbonyl (C=O) groups is 1. The molecule has 1 heterocycles. The normalized spacial score (nSPS) is 12.0. The van der Waals surface area contributed by atoms with Crippen LogP contribution in [0, 0.1) is 13.8 Å². The van der Waals surface area contributed by atoms with Gasteiger partial charge in [-0.2, -0.15) is 5.10 Å². The van der Waals surface area contributed by atoms with Gasteiger partial charge >= 0.3 is 0 Å². The monoisotopic (exact) mass is 426 g/mol. The number of aromatic nitrogens is 2. The second-order valence-corrected chi connectivity index (χ2v) is 9.91. The van der Waals surface area contributed by atoms with Crippen molar-refractivity contribution in [3.8, 4) is 5.69 Å². The third kappa shape index (κ3) is 5.14. The van der Waals surface area contributed by atoms with Crippen LogP contribution in [0.2, 0.25) is 0 Å². The third-order valence-electron chi connectivity index (χ3n) is 4.23. The number of anilines is 1. The molecule has 0 saturated carbocycles. The van der Waals surface area contributed by atoms with Crippen molar-refractivity contribution in [2.24, 2.45) is 0 Å². The van der Waals surface area contributed by atoms with E-state index in [-0.39, 0.29) is 10.8 Å². The van der Waals surface area contributed by atoms with Crippen LogP contribution in [0.1, 0.15) is 42.5 Å². The van der Waals surface area contributed by atoms with Crippen molar-refractivity contribution < 1.29 is 13.2 Å². The van der Waals surface area contributed by atoms with Gasteiger partial charge in [-0.15, -0.1) is 0 Å². The van der Waals surface area contributed by atoms with E-state index in [0.717, 1.165) is 17.1 Å². The summed E-state index contributed by atoms with van der Waals surface area (Å²) >= 11 is 0. The highest BCUT2D eigenvalue weighted by Crippen LogP contribution is 2.19. The zero-order chi connectivity index (χ0) is 22.1. The lowest BCUT2D eigenvalue weighted by atomic mass is 10.1. The molecule has 0 unspecified atom stereocenters. The van der Waals surface area contributed by atoms with Crippen LogP contribution in [0.5, 0.6) is 0 Å². The van der Waals surface area contributed by atoms with Gasteiger partial charge in [0, 0.05) is 22.5 Å². The average molecular weight is 427 g/mol. The molecule has 0 atom stereocenters. The van der Waals surface area contributed by atoms with E-state index in [1.165, 1.54) is 12.1 Å². The number of carbonyl (C=O) groups excluding carboxylic acids is 1. The minimum absolute atomic E-state index is 0.0927. The lowest BCUT2D eigenvalue weighted by molar-refractivity contribution is 0.102. The van der Waals surface area contributed by atoms with Crippen LogP contribution in [0.25, 0.3) is 5.69 Å². The number of aryl methyl sites for hydroxylation is 2. The summed E-state index contributed by atoms with van der Waals surface area (Å²) in [7, 11) is -3.69. The molecule has 3 aromatic rings. The lowest BCUT2D eigenvalue weighted by Crippen LogP contribution is -2.40. The molecule has 0 radical (unpaired) electrons. The van der Waals surface area contributed by atoms with Crippen LogP contribution in [0.15, 0.2) is 59.5 Å². The molecular weight excluding hydrogens is 400 g/mol. The van der Waals surface area contributed by atoms with Crippen molar-refractivity contribution in [1.82, 2.24) is 14.5 Å². The molecule has 0 aliphatic rings. The first-order valence-electron chi connectivity index (χ1n) is 9.54. The van der Waals surface area contributed by atoms with E-state index in [0.29, 0.717) is 11.3 Å². The van der Waals surface area contributed by atoms with Gasteiger partial charge in [-0.1, -0.05) is 6.07 Å². The fraction of sp³-hybridized carbons (Fsp3) is 0.273. The highest BCUT2D eigenvalue weighted by atomic mass is 32.2. The molecule has 0 spiro atoms. The van der Waals surface area contributed by atoms with Crippen LogP contribution in [0.4, 0.5) is 5.69 Å². The molecule has 3 rings (SSSR count). The summed E-state index contributed by atoms with van der Waals surface area (Å²) in [5, 5.41) is 7.19. The molecular formula is C22H26N4O3S. The Balaban J connectivity index is 1.77. The van der Waals surface area contributed by atoms with E-state index >= 15 is 0 Å². The standard InChI is InChI=1S/C22H26N4O3S/c1-15-13-16(2)26(24-15)19-11-9-17(10-12-19)21(27)23-18-7-6-8-20(14-18)30(28,29)25-22(3,4)5/h6-14,25H,1-5H3,(H,23,27). The topological polar surface area (TPSA) is 93.1 Å². The molecule has 1 aromatic heterocycles. The van der Waals surface area contributed by atoms with Crippen LogP contribution in [0.3, 0.4) is 0 Å². The largest absolute Gasteiger partial charge is 0.322 e. The van der Waals surface area contributed by atoms with Gasteiger partial charge in [-0.05, 0) is 83.1 Å². The van der Waals surface area contributed by atoms with Gasteiger partial charge < -0.3 is 5.32 Å². The molecule has 0 aliphatic carbocycles.